The van der Waals surface area contributed by atoms with Gasteiger partial charge in [-0.1, -0.05) is 51.8 Å². The molecule has 3 atom stereocenters. The van der Waals surface area contributed by atoms with E-state index in [0.29, 0.717) is 16.3 Å². The highest BCUT2D eigenvalue weighted by molar-refractivity contribution is 9.10. The Bertz CT molecular complexity index is 851. The van der Waals surface area contributed by atoms with Crippen molar-refractivity contribution in [2.45, 2.75) is 18.4 Å². The fourth-order valence-electron chi connectivity index (χ4n) is 3.81. The number of allylic oxidation sites excluding steroid dienone is 2. The first kappa shape index (κ1) is 15.7. The second kappa shape index (κ2) is 5.90. The van der Waals surface area contributed by atoms with Gasteiger partial charge in [0.15, 0.2) is 0 Å². The molecule has 2 aromatic carbocycles. The Morgan fingerprint density at radius 1 is 1.21 bits per heavy atom. The van der Waals surface area contributed by atoms with Gasteiger partial charge in [-0.2, -0.15) is 0 Å². The fourth-order valence-corrected chi connectivity index (χ4v) is 4.30. The van der Waals surface area contributed by atoms with Crippen molar-refractivity contribution < 1.29 is 4.92 Å². The molecule has 0 spiro atoms. The van der Waals surface area contributed by atoms with Crippen molar-refractivity contribution in [3.8, 4) is 0 Å². The minimum absolute atomic E-state index is 0.00833. The van der Waals surface area contributed by atoms with Gasteiger partial charge in [0.1, 0.15) is 0 Å². The second-order valence-corrected chi connectivity index (χ2v) is 7.46. The number of halogens is 2. The van der Waals surface area contributed by atoms with Gasteiger partial charge >= 0.3 is 0 Å². The van der Waals surface area contributed by atoms with Crippen molar-refractivity contribution in [1.29, 1.82) is 0 Å². The summed E-state index contributed by atoms with van der Waals surface area (Å²) in [6, 6.07) is 11.4. The molecule has 24 heavy (non-hydrogen) atoms. The minimum Gasteiger partial charge on any atom is -0.376 e. The van der Waals surface area contributed by atoms with E-state index in [-0.39, 0.29) is 28.5 Å². The maximum atomic E-state index is 11.5. The van der Waals surface area contributed by atoms with Crippen LogP contribution in [0.5, 0.6) is 0 Å². The molecule has 1 N–H and O–H groups in total. The lowest BCUT2D eigenvalue weighted by molar-refractivity contribution is -0.385. The van der Waals surface area contributed by atoms with Crippen molar-refractivity contribution in [3.63, 3.8) is 0 Å². The smallest absolute Gasteiger partial charge is 0.275 e. The van der Waals surface area contributed by atoms with Gasteiger partial charge in [0.2, 0.25) is 0 Å². The number of benzene rings is 2. The van der Waals surface area contributed by atoms with Crippen LogP contribution >= 0.6 is 27.5 Å². The molecule has 0 aromatic heterocycles. The van der Waals surface area contributed by atoms with Crippen LogP contribution in [-0.2, 0) is 0 Å². The fraction of sp³-hybridized carbons (Fsp3) is 0.222. The Morgan fingerprint density at radius 3 is 2.67 bits per heavy atom. The summed E-state index contributed by atoms with van der Waals surface area (Å²) in [5.74, 6) is 0.254. The summed E-state index contributed by atoms with van der Waals surface area (Å²) < 4.78 is 1.03. The Labute approximate surface area is 152 Å². The third kappa shape index (κ3) is 2.43. The van der Waals surface area contributed by atoms with E-state index in [4.69, 9.17) is 11.6 Å². The Hall–Kier alpha value is -1.85. The van der Waals surface area contributed by atoms with Gasteiger partial charge in [-0.25, -0.2) is 0 Å². The molecule has 1 heterocycles. The van der Waals surface area contributed by atoms with Crippen LogP contribution in [0.15, 0.2) is 53.0 Å². The molecule has 4 nitrogen and oxygen atoms in total. The van der Waals surface area contributed by atoms with Crippen LogP contribution < -0.4 is 5.32 Å². The summed E-state index contributed by atoms with van der Waals surface area (Å²) in [6.45, 7) is 0. The molecule has 4 rings (SSSR count). The number of hydrogen-bond donors (Lipinski definition) is 1. The van der Waals surface area contributed by atoms with Crippen LogP contribution in [-0.4, -0.2) is 4.92 Å². The van der Waals surface area contributed by atoms with Crippen LogP contribution in [0.3, 0.4) is 0 Å². The van der Waals surface area contributed by atoms with E-state index < -0.39 is 0 Å². The maximum Gasteiger partial charge on any atom is 0.275 e. The molecule has 1 aliphatic carbocycles. The van der Waals surface area contributed by atoms with Crippen LogP contribution in [0.1, 0.15) is 29.5 Å². The minimum atomic E-state index is -0.319. The molecule has 2 aromatic rings. The lowest BCUT2D eigenvalue weighted by Crippen LogP contribution is -2.29. The van der Waals surface area contributed by atoms with Crippen LogP contribution in [0.2, 0.25) is 5.02 Å². The van der Waals surface area contributed by atoms with E-state index in [1.807, 2.05) is 12.1 Å². The van der Waals surface area contributed by atoms with Gasteiger partial charge in [-0.15, -0.1) is 0 Å². The molecule has 122 valence electrons. The summed E-state index contributed by atoms with van der Waals surface area (Å²) in [4.78, 5) is 11.1. The molecule has 0 amide bonds. The number of nitrogens with one attached hydrogen (secondary N) is 1. The number of hydrogen-bond acceptors (Lipinski definition) is 3. The SMILES string of the molecule is O=[N+]([O-])c1ccc(Cl)c2c1[C@@H]1C=CC[C@@H]1[C@H](c1ccc(Br)cc1)N2. The third-order valence-corrected chi connectivity index (χ3v) is 5.72. The first-order chi connectivity index (χ1) is 11.6. The Morgan fingerprint density at radius 2 is 1.96 bits per heavy atom. The molecule has 6 heteroatoms. The summed E-state index contributed by atoms with van der Waals surface area (Å²) in [5.41, 5.74) is 2.69. The van der Waals surface area contributed by atoms with Gasteiger partial charge in [-0.05, 0) is 36.1 Å². The van der Waals surface area contributed by atoms with E-state index in [1.165, 1.54) is 6.07 Å². The molecule has 0 saturated carbocycles. The van der Waals surface area contributed by atoms with E-state index in [9.17, 15) is 10.1 Å². The highest BCUT2D eigenvalue weighted by atomic mass is 79.9. The number of nitro groups is 1. The third-order valence-electron chi connectivity index (χ3n) is 4.87. The average Bonchev–Trinajstić information content (AvgIpc) is 3.05. The van der Waals surface area contributed by atoms with Crippen molar-refractivity contribution in [2.24, 2.45) is 5.92 Å². The summed E-state index contributed by atoms with van der Waals surface area (Å²) in [7, 11) is 0. The molecule has 0 radical (unpaired) electrons. The lowest BCUT2D eigenvalue weighted by atomic mass is 9.76. The molecule has 2 aliphatic rings. The zero-order valence-electron chi connectivity index (χ0n) is 12.6. The van der Waals surface area contributed by atoms with E-state index in [0.717, 1.165) is 16.5 Å². The monoisotopic (exact) mass is 404 g/mol. The largest absolute Gasteiger partial charge is 0.376 e. The molecular weight excluding hydrogens is 392 g/mol. The van der Waals surface area contributed by atoms with Crippen molar-refractivity contribution in [3.05, 3.63) is 79.3 Å². The predicted octanol–water partition coefficient (Wildman–Crippen LogP) is 5.84. The Balaban J connectivity index is 1.86. The summed E-state index contributed by atoms with van der Waals surface area (Å²) >= 11 is 9.83. The predicted molar refractivity (Wildman–Crippen MR) is 98.6 cm³/mol. The summed E-state index contributed by atoms with van der Waals surface area (Å²) in [6.07, 6.45) is 5.09. The molecule has 0 unspecified atom stereocenters. The van der Waals surface area contributed by atoms with E-state index in [2.05, 4.69) is 45.5 Å². The molecule has 0 fully saturated rings. The molecule has 0 saturated heterocycles. The lowest BCUT2D eigenvalue weighted by Gasteiger charge is -2.37. The number of fused-ring (bicyclic) bond motifs is 3. The van der Waals surface area contributed by atoms with Crippen molar-refractivity contribution in [2.75, 3.05) is 5.32 Å². The number of nitrogens with zero attached hydrogens (tertiary/aromatic N) is 1. The zero-order chi connectivity index (χ0) is 16.8. The second-order valence-electron chi connectivity index (χ2n) is 6.14. The van der Waals surface area contributed by atoms with Crippen LogP contribution in [0.25, 0.3) is 0 Å². The molecule has 0 bridgehead atoms. The highest BCUT2D eigenvalue weighted by Crippen LogP contribution is 2.54. The molecular formula is C18H14BrClN2O2. The topological polar surface area (TPSA) is 55.2 Å². The Kier molecular flexibility index (Phi) is 3.85. The highest BCUT2D eigenvalue weighted by Gasteiger charge is 2.42. The standard InChI is InChI=1S/C18H14BrClN2O2/c19-11-6-4-10(5-7-11)17-13-3-1-2-12(13)16-15(22(23)24)9-8-14(20)18(16)21-17/h1-2,4-9,12-13,17,21H,3H2/t12-,13+,17+/m1/s1. The molecule has 1 aliphatic heterocycles. The van der Waals surface area contributed by atoms with Gasteiger partial charge in [0.25, 0.3) is 5.69 Å². The van der Waals surface area contributed by atoms with Crippen molar-refractivity contribution >= 4 is 38.9 Å². The van der Waals surface area contributed by atoms with Crippen molar-refractivity contribution in [1.82, 2.24) is 0 Å². The number of rotatable bonds is 2. The normalized spacial score (nSPS) is 24.2. The van der Waals surface area contributed by atoms with Crippen LogP contribution in [0.4, 0.5) is 11.4 Å². The van der Waals surface area contributed by atoms with Gasteiger partial charge < -0.3 is 5.32 Å². The zero-order valence-corrected chi connectivity index (χ0v) is 14.9. The van der Waals surface area contributed by atoms with Gasteiger partial charge in [0.05, 0.1) is 27.2 Å². The van der Waals surface area contributed by atoms with Gasteiger partial charge in [-0.3, -0.25) is 10.1 Å². The maximum absolute atomic E-state index is 11.5. The number of anilines is 1. The number of nitro benzene ring substituents is 1. The van der Waals surface area contributed by atoms with Crippen LogP contribution in [0, 0.1) is 16.0 Å². The van der Waals surface area contributed by atoms with Gasteiger partial charge in [0, 0.05) is 16.5 Å². The first-order valence-electron chi connectivity index (χ1n) is 7.71. The average molecular weight is 406 g/mol. The van der Waals surface area contributed by atoms with E-state index >= 15 is 0 Å². The van der Waals surface area contributed by atoms with E-state index in [1.54, 1.807) is 6.07 Å². The first-order valence-corrected chi connectivity index (χ1v) is 8.89. The quantitative estimate of drug-likeness (QED) is 0.388. The summed E-state index contributed by atoms with van der Waals surface area (Å²) in [5, 5.41) is 15.5.